The summed E-state index contributed by atoms with van der Waals surface area (Å²) in [5.74, 6) is -0.297. The van der Waals surface area contributed by atoms with Gasteiger partial charge in [-0.3, -0.25) is 9.67 Å². The second kappa shape index (κ2) is 5.47. The van der Waals surface area contributed by atoms with Crippen LogP contribution >= 0.6 is 0 Å². The number of aryl methyl sites for hydroxylation is 2. The number of hydrogen-bond acceptors (Lipinski definition) is 4. The lowest BCUT2D eigenvalue weighted by atomic mass is 9.87. The minimum Gasteiger partial charge on any atom is -0.482 e. The van der Waals surface area contributed by atoms with Crippen molar-refractivity contribution in [3.8, 4) is 0 Å². The molecule has 0 saturated carbocycles. The van der Waals surface area contributed by atoms with Crippen LogP contribution in [0.3, 0.4) is 0 Å². The molecule has 24 heavy (non-hydrogen) atoms. The van der Waals surface area contributed by atoms with Gasteiger partial charge < -0.3 is 9.84 Å². The summed E-state index contributed by atoms with van der Waals surface area (Å²) in [6.07, 6.45) is 4.62. The number of ether oxygens (including phenoxy) is 1. The molecule has 124 valence electrons. The SMILES string of the molecule is Cc1ncccc1Cn1cc2c(n1)C1=C(CC2)OC(C(=O)O)C1C. The number of carbonyl (C=O) groups is 1. The predicted molar refractivity (Wildman–Crippen MR) is 87.2 cm³/mol. The first-order valence-electron chi connectivity index (χ1n) is 8.14. The maximum absolute atomic E-state index is 11.4. The number of allylic oxidation sites excluding steroid dienone is 1. The Hall–Kier alpha value is -2.63. The summed E-state index contributed by atoms with van der Waals surface area (Å²) < 4.78 is 7.59. The van der Waals surface area contributed by atoms with Crippen molar-refractivity contribution < 1.29 is 14.6 Å². The summed E-state index contributed by atoms with van der Waals surface area (Å²) in [6, 6.07) is 3.98. The average Bonchev–Trinajstić information content (AvgIpc) is 3.10. The minimum atomic E-state index is -0.913. The molecule has 2 aliphatic rings. The van der Waals surface area contributed by atoms with E-state index in [1.54, 1.807) is 6.20 Å². The molecule has 0 fully saturated rings. The third-order valence-corrected chi connectivity index (χ3v) is 4.89. The van der Waals surface area contributed by atoms with Crippen LogP contribution in [0, 0.1) is 12.8 Å². The molecule has 0 bridgehead atoms. The number of nitrogens with zero attached hydrogens (tertiary/aromatic N) is 3. The number of carboxylic acid groups (broad SMARTS) is 1. The van der Waals surface area contributed by atoms with E-state index < -0.39 is 12.1 Å². The number of fused-ring (bicyclic) bond motifs is 2. The lowest BCUT2D eigenvalue weighted by Gasteiger charge is -2.13. The van der Waals surface area contributed by atoms with Crippen LogP contribution in [0.4, 0.5) is 0 Å². The van der Waals surface area contributed by atoms with E-state index in [0.29, 0.717) is 6.54 Å². The Morgan fingerprint density at radius 2 is 2.29 bits per heavy atom. The summed E-state index contributed by atoms with van der Waals surface area (Å²) in [5, 5.41) is 14.1. The van der Waals surface area contributed by atoms with Crippen LogP contribution in [0.2, 0.25) is 0 Å². The van der Waals surface area contributed by atoms with Crippen LogP contribution in [-0.4, -0.2) is 31.9 Å². The number of pyridine rings is 1. The zero-order chi connectivity index (χ0) is 16.8. The van der Waals surface area contributed by atoms with Crippen molar-refractivity contribution in [3.05, 3.63) is 52.8 Å². The maximum atomic E-state index is 11.4. The smallest absolute Gasteiger partial charge is 0.345 e. The monoisotopic (exact) mass is 325 g/mol. The highest BCUT2D eigenvalue weighted by molar-refractivity contribution is 5.82. The van der Waals surface area contributed by atoms with E-state index in [-0.39, 0.29) is 5.92 Å². The Bertz CT molecular complexity index is 853. The highest BCUT2D eigenvalue weighted by Gasteiger charge is 2.42. The van der Waals surface area contributed by atoms with Gasteiger partial charge in [0, 0.05) is 36.0 Å². The first-order chi connectivity index (χ1) is 11.5. The Balaban J connectivity index is 1.67. The van der Waals surface area contributed by atoms with Gasteiger partial charge in [-0.15, -0.1) is 0 Å². The van der Waals surface area contributed by atoms with Crippen molar-refractivity contribution in [2.75, 3.05) is 0 Å². The molecule has 1 aliphatic carbocycles. The maximum Gasteiger partial charge on any atom is 0.345 e. The van der Waals surface area contributed by atoms with E-state index in [2.05, 4.69) is 17.2 Å². The fraction of sp³-hybridized carbons (Fsp3) is 0.389. The molecule has 4 rings (SSSR count). The quantitative estimate of drug-likeness (QED) is 0.938. The van der Waals surface area contributed by atoms with E-state index >= 15 is 0 Å². The number of rotatable bonds is 3. The van der Waals surface area contributed by atoms with Gasteiger partial charge in [0.05, 0.1) is 12.2 Å². The van der Waals surface area contributed by atoms with Crippen molar-refractivity contribution in [3.63, 3.8) is 0 Å². The highest BCUT2D eigenvalue weighted by Crippen LogP contribution is 2.43. The molecular formula is C18H19N3O3. The van der Waals surface area contributed by atoms with E-state index in [4.69, 9.17) is 9.84 Å². The summed E-state index contributed by atoms with van der Waals surface area (Å²) in [7, 11) is 0. The van der Waals surface area contributed by atoms with Crippen LogP contribution in [0.1, 0.15) is 35.9 Å². The molecule has 2 atom stereocenters. The molecule has 2 aromatic rings. The summed E-state index contributed by atoms with van der Waals surface area (Å²) in [6.45, 7) is 4.55. The van der Waals surface area contributed by atoms with Crippen molar-refractivity contribution in [1.29, 1.82) is 0 Å². The molecule has 0 amide bonds. The second-order valence-corrected chi connectivity index (χ2v) is 6.45. The fourth-order valence-corrected chi connectivity index (χ4v) is 3.59. The zero-order valence-corrected chi connectivity index (χ0v) is 13.7. The van der Waals surface area contributed by atoms with Gasteiger partial charge in [-0.25, -0.2) is 4.79 Å². The summed E-state index contributed by atoms with van der Waals surface area (Å²) in [5.41, 5.74) is 5.15. The fourth-order valence-electron chi connectivity index (χ4n) is 3.59. The van der Waals surface area contributed by atoms with E-state index in [9.17, 15) is 9.90 Å². The van der Waals surface area contributed by atoms with Crippen molar-refractivity contribution in [2.24, 2.45) is 5.92 Å². The van der Waals surface area contributed by atoms with Crippen molar-refractivity contribution >= 4 is 11.5 Å². The third kappa shape index (κ3) is 2.29. The van der Waals surface area contributed by atoms with Gasteiger partial charge in [0.2, 0.25) is 6.10 Å². The zero-order valence-electron chi connectivity index (χ0n) is 13.7. The van der Waals surface area contributed by atoms with E-state index in [1.165, 1.54) is 0 Å². The molecule has 6 nitrogen and oxygen atoms in total. The lowest BCUT2D eigenvalue weighted by Crippen LogP contribution is -2.26. The molecule has 0 saturated heterocycles. The number of aromatic nitrogens is 3. The topological polar surface area (TPSA) is 77.2 Å². The number of hydrogen-bond donors (Lipinski definition) is 1. The molecule has 1 aliphatic heterocycles. The Kier molecular flexibility index (Phi) is 3.40. The van der Waals surface area contributed by atoms with Gasteiger partial charge in [-0.2, -0.15) is 5.10 Å². The average molecular weight is 325 g/mol. The van der Waals surface area contributed by atoms with Crippen LogP contribution in [0.5, 0.6) is 0 Å². The van der Waals surface area contributed by atoms with Gasteiger partial charge in [0.1, 0.15) is 5.76 Å². The molecule has 1 N–H and O–H groups in total. The molecule has 0 radical (unpaired) electrons. The highest BCUT2D eigenvalue weighted by atomic mass is 16.5. The van der Waals surface area contributed by atoms with Crippen LogP contribution in [0.15, 0.2) is 30.3 Å². The van der Waals surface area contributed by atoms with Crippen LogP contribution in [-0.2, 0) is 22.5 Å². The Morgan fingerprint density at radius 3 is 3.04 bits per heavy atom. The lowest BCUT2D eigenvalue weighted by molar-refractivity contribution is -0.148. The van der Waals surface area contributed by atoms with Gasteiger partial charge in [0.15, 0.2) is 0 Å². The van der Waals surface area contributed by atoms with E-state index in [1.807, 2.05) is 24.6 Å². The molecule has 3 heterocycles. The van der Waals surface area contributed by atoms with Gasteiger partial charge in [0.25, 0.3) is 0 Å². The molecule has 0 aromatic carbocycles. The van der Waals surface area contributed by atoms with Gasteiger partial charge >= 0.3 is 5.97 Å². The molecular weight excluding hydrogens is 306 g/mol. The molecule has 2 aromatic heterocycles. The standard InChI is InChI=1S/C18H19N3O3/c1-10-15-14(24-17(10)18(22)23)6-5-13-9-21(20-16(13)15)8-12-4-3-7-19-11(12)2/h3-4,7,9-10,17H,5-6,8H2,1-2H3,(H,22,23). The molecule has 6 heteroatoms. The Morgan fingerprint density at radius 1 is 1.46 bits per heavy atom. The third-order valence-electron chi connectivity index (χ3n) is 4.89. The first-order valence-corrected chi connectivity index (χ1v) is 8.14. The van der Waals surface area contributed by atoms with E-state index in [0.717, 1.165) is 46.7 Å². The molecule has 0 spiro atoms. The first kappa shape index (κ1) is 14.9. The summed E-state index contributed by atoms with van der Waals surface area (Å²) >= 11 is 0. The largest absolute Gasteiger partial charge is 0.482 e. The van der Waals surface area contributed by atoms with Crippen LogP contribution < -0.4 is 0 Å². The second-order valence-electron chi connectivity index (χ2n) is 6.45. The number of aliphatic carboxylic acids is 1. The molecule has 2 unspecified atom stereocenters. The van der Waals surface area contributed by atoms with Gasteiger partial charge in [-0.05, 0) is 30.5 Å². The minimum absolute atomic E-state index is 0.181. The predicted octanol–water partition coefficient (Wildman–Crippen LogP) is 2.41. The van der Waals surface area contributed by atoms with Crippen molar-refractivity contribution in [1.82, 2.24) is 14.8 Å². The van der Waals surface area contributed by atoms with Gasteiger partial charge in [-0.1, -0.05) is 13.0 Å². The normalized spacial score (nSPS) is 22.1. The van der Waals surface area contributed by atoms with Crippen LogP contribution in [0.25, 0.3) is 5.57 Å². The number of carboxylic acids is 1. The Labute approximate surface area is 139 Å². The summed E-state index contributed by atoms with van der Waals surface area (Å²) in [4.78, 5) is 15.7. The van der Waals surface area contributed by atoms with Crippen molar-refractivity contribution in [2.45, 2.75) is 39.3 Å².